The van der Waals surface area contributed by atoms with E-state index < -0.39 is 12.1 Å². The molecule has 1 unspecified atom stereocenters. The summed E-state index contributed by atoms with van der Waals surface area (Å²) in [6, 6.07) is 13.3. The van der Waals surface area contributed by atoms with Crippen molar-refractivity contribution in [3.8, 4) is 11.3 Å². The van der Waals surface area contributed by atoms with Crippen molar-refractivity contribution < 1.29 is 19.4 Å². The molecule has 2 aromatic rings. The summed E-state index contributed by atoms with van der Waals surface area (Å²) in [7, 11) is 0. The van der Waals surface area contributed by atoms with E-state index in [1.54, 1.807) is 13.0 Å². The molecule has 1 aromatic carbocycles. The number of carbonyl (C=O) groups excluding carboxylic acids is 1. The monoisotopic (exact) mass is 314 g/mol. The van der Waals surface area contributed by atoms with Crippen LogP contribution in [0.15, 0.2) is 42.5 Å². The number of nitrogens with zero attached hydrogens (tertiary/aromatic N) is 1. The van der Waals surface area contributed by atoms with Gasteiger partial charge in [-0.15, -0.1) is 0 Å². The molecule has 23 heavy (non-hydrogen) atoms. The Morgan fingerprint density at radius 1 is 1.17 bits per heavy atom. The normalized spacial score (nSPS) is 21.2. The Bertz CT molecular complexity index is 710. The summed E-state index contributed by atoms with van der Waals surface area (Å²) >= 11 is 0. The van der Waals surface area contributed by atoms with Crippen molar-refractivity contribution in [1.29, 1.82) is 0 Å². The lowest BCUT2D eigenvalue weighted by molar-refractivity contribution is -0.160. The SMILES string of the molecule is C[C@@H]1CN(C(=O)c2ccc(-c3ccccc3)[nH]2)CC(C(=O)O)O1. The van der Waals surface area contributed by atoms with Crippen molar-refractivity contribution in [2.24, 2.45) is 0 Å². The first-order chi connectivity index (χ1) is 11.0. The quantitative estimate of drug-likeness (QED) is 0.907. The summed E-state index contributed by atoms with van der Waals surface area (Å²) in [5.74, 6) is -1.26. The fourth-order valence-corrected chi connectivity index (χ4v) is 2.73. The number of carbonyl (C=O) groups is 2. The first-order valence-electron chi connectivity index (χ1n) is 7.46. The van der Waals surface area contributed by atoms with Crippen LogP contribution in [0.4, 0.5) is 0 Å². The third kappa shape index (κ3) is 3.27. The summed E-state index contributed by atoms with van der Waals surface area (Å²) in [4.78, 5) is 28.4. The number of H-pyrrole nitrogens is 1. The molecule has 3 rings (SSSR count). The van der Waals surface area contributed by atoms with Crippen LogP contribution >= 0.6 is 0 Å². The van der Waals surface area contributed by atoms with Gasteiger partial charge in [0.05, 0.1) is 12.6 Å². The van der Waals surface area contributed by atoms with Crippen molar-refractivity contribution in [1.82, 2.24) is 9.88 Å². The fourth-order valence-electron chi connectivity index (χ4n) is 2.73. The first kappa shape index (κ1) is 15.3. The highest BCUT2D eigenvalue weighted by atomic mass is 16.5. The summed E-state index contributed by atoms with van der Waals surface area (Å²) in [6.45, 7) is 2.19. The summed E-state index contributed by atoms with van der Waals surface area (Å²) in [6.07, 6.45) is -1.29. The van der Waals surface area contributed by atoms with E-state index in [4.69, 9.17) is 9.84 Å². The lowest BCUT2D eigenvalue weighted by atomic mass is 10.2. The molecule has 6 nitrogen and oxygen atoms in total. The number of hydrogen-bond acceptors (Lipinski definition) is 3. The summed E-state index contributed by atoms with van der Waals surface area (Å²) < 4.78 is 5.33. The summed E-state index contributed by atoms with van der Waals surface area (Å²) in [5, 5.41) is 9.11. The number of aromatic amines is 1. The van der Waals surface area contributed by atoms with E-state index in [0.29, 0.717) is 12.2 Å². The van der Waals surface area contributed by atoms with E-state index in [0.717, 1.165) is 11.3 Å². The standard InChI is InChI=1S/C17H18N2O4/c1-11-9-19(10-15(23-11)17(21)22)16(20)14-8-7-13(18-14)12-5-3-2-4-6-12/h2-8,11,15,18H,9-10H2,1H3,(H,21,22)/t11-,15?/m1/s1. The van der Waals surface area contributed by atoms with E-state index in [2.05, 4.69) is 4.98 Å². The second kappa shape index (κ2) is 6.26. The number of ether oxygens (including phenoxy) is 1. The van der Waals surface area contributed by atoms with Crippen LogP contribution in [0, 0.1) is 0 Å². The van der Waals surface area contributed by atoms with Gasteiger partial charge in [0, 0.05) is 12.2 Å². The van der Waals surface area contributed by atoms with Gasteiger partial charge in [0.2, 0.25) is 0 Å². The number of aliphatic carboxylic acids is 1. The van der Waals surface area contributed by atoms with Gasteiger partial charge in [-0.05, 0) is 24.6 Å². The average Bonchev–Trinajstić information content (AvgIpc) is 3.04. The lowest BCUT2D eigenvalue weighted by Crippen LogP contribution is -2.51. The van der Waals surface area contributed by atoms with Gasteiger partial charge in [-0.25, -0.2) is 4.79 Å². The van der Waals surface area contributed by atoms with Crippen molar-refractivity contribution >= 4 is 11.9 Å². The van der Waals surface area contributed by atoms with E-state index in [1.807, 2.05) is 36.4 Å². The molecule has 1 aliphatic rings. The molecule has 1 fully saturated rings. The first-order valence-corrected chi connectivity index (χ1v) is 7.46. The predicted molar refractivity (Wildman–Crippen MR) is 84.1 cm³/mol. The molecule has 2 N–H and O–H groups in total. The number of carboxylic acids is 1. The second-order valence-electron chi connectivity index (χ2n) is 5.64. The Morgan fingerprint density at radius 3 is 2.61 bits per heavy atom. The lowest BCUT2D eigenvalue weighted by Gasteiger charge is -2.34. The second-order valence-corrected chi connectivity index (χ2v) is 5.64. The molecule has 0 saturated carbocycles. The van der Waals surface area contributed by atoms with Crippen LogP contribution < -0.4 is 0 Å². The van der Waals surface area contributed by atoms with Crippen LogP contribution in [0.25, 0.3) is 11.3 Å². The maximum atomic E-state index is 12.6. The number of morpholine rings is 1. The van der Waals surface area contributed by atoms with Crippen LogP contribution in [0.2, 0.25) is 0 Å². The number of benzene rings is 1. The Hall–Kier alpha value is -2.60. The number of nitrogens with one attached hydrogen (secondary N) is 1. The molecule has 0 bridgehead atoms. The van der Waals surface area contributed by atoms with E-state index in [9.17, 15) is 9.59 Å². The molecular formula is C17H18N2O4. The van der Waals surface area contributed by atoms with E-state index in [1.165, 1.54) is 4.90 Å². The maximum absolute atomic E-state index is 12.6. The molecule has 0 radical (unpaired) electrons. The Morgan fingerprint density at radius 2 is 1.91 bits per heavy atom. The number of amides is 1. The molecule has 1 amide bonds. The molecular weight excluding hydrogens is 296 g/mol. The smallest absolute Gasteiger partial charge is 0.334 e. The fraction of sp³-hybridized carbons (Fsp3) is 0.294. The minimum atomic E-state index is -1.05. The van der Waals surface area contributed by atoms with Crippen LogP contribution in [0.3, 0.4) is 0 Å². The van der Waals surface area contributed by atoms with Crippen LogP contribution in [0.1, 0.15) is 17.4 Å². The van der Waals surface area contributed by atoms with Gasteiger partial charge in [-0.3, -0.25) is 4.79 Å². The van der Waals surface area contributed by atoms with E-state index >= 15 is 0 Å². The van der Waals surface area contributed by atoms with Gasteiger partial charge in [-0.2, -0.15) is 0 Å². The van der Waals surface area contributed by atoms with Crippen LogP contribution in [0.5, 0.6) is 0 Å². The Labute approximate surface area is 133 Å². The zero-order valence-electron chi connectivity index (χ0n) is 12.7. The molecule has 0 aliphatic carbocycles. The highest BCUT2D eigenvalue weighted by Gasteiger charge is 2.33. The highest BCUT2D eigenvalue weighted by Crippen LogP contribution is 2.20. The molecule has 1 aromatic heterocycles. The van der Waals surface area contributed by atoms with Crippen molar-refractivity contribution in [2.45, 2.75) is 19.1 Å². The Balaban J connectivity index is 1.78. The molecule has 2 atom stereocenters. The zero-order chi connectivity index (χ0) is 16.4. The zero-order valence-corrected chi connectivity index (χ0v) is 12.7. The number of hydrogen-bond donors (Lipinski definition) is 2. The van der Waals surface area contributed by atoms with Gasteiger partial charge in [-0.1, -0.05) is 30.3 Å². The molecule has 1 saturated heterocycles. The third-order valence-electron chi connectivity index (χ3n) is 3.82. The topological polar surface area (TPSA) is 82.6 Å². The van der Waals surface area contributed by atoms with Gasteiger partial charge in [0.15, 0.2) is 6.10 Å². The van der Waals surface area contributed by atoms with Gasteiger partial charge in [0.1, 0.15) is 5.69 Å². The maximum Gasteiger partial charge on any atom is 0.334 e. The van der Waals surface area contributed by atoms with Gasteiger partial charge in [0.25, 0.3) is 5.91 Å². The van der Waals surface area contributed by atoms with Gasteiger partial charge >= 0.3 is 5.97 Å². The molecule has 2 heterocycles. The number of rotatable bonds is 3. The minimum absolute atomic E-state index is 0.0538. The van der Waals surface area contributed by atoms with Crippen molar-refractivity contribution in [3.05, 3.63) is 48.2 Å². The van der Waals surface area contributed by atoms with Crippen LogP contribution in [-0.4, -0.2) is 52.2 Å². The van der Waals surface area contributed by atoms with Crippen molar-refractivity contribution in [2.75, 3.05) is 13.1 Å². The Kier molecular flexibility index (Phi) is 4.16. The van der Waals surface area contributed by atoms with Crippen molar-refractivity contribution in [3.63, 3.8) is 0 Å². The van der Waals surface area contributed by atoms with E-state index in [-0.39, 0.29) is 18.6 Å². The van der Waals surface area contributed by atoms with Crippen LogP contribution in [-0.2, 0) is 9.53 Å². The average molecular weight is 314 g/mol. The largest absolute Gasteiger partial charge is 0.479 e. The van der Waals surface area contributed by atoms with Gasteiger partial charge < -0.3 is 19.7 Å². The number of aromatic nitrogens is 1. The molecule has 1 aliphatic heterocycles. The molecule has 0 spiro atoms. The predicted octanol–water partition coefficient (Wildman–Crippen LogP) is 2.00. The summed E-state index contributed by atoms with van der Waals surface area (Å²) in [5.41, 5.74) is 2.29. The third-order valence-corrected chi connectivity index (χ3v) is 3.82. The molecule has 6 heteroatoms. The highest BCUT2D eigenvalue weighted by molar-refractivity contribution is 5.94. The minimum Gasteiger partial charge on any atom is -0.479 e. The molecule has 120 valence electrons. The number of carboxylic acid groups (broad SMARTS) is 1.